The lowest BCUT2D eigenvalue weighted by molar-refractivity contribution is 0.0426. The number of fused-ring (bicyclic) bond motifs is 2. The molecule has 2 N–H and O–H groups in total. The molecular formula is C21H18FN3O6. The molecule has 0 saturated heterocycles. The van der Waals surface area contributed by atoms with E-state index in [1.54, 1.807) is 20.8 Å². The number of hydrogen-bond donors (Lipinski definition) is 1. The lowest BCUT2D eigenvalue weighted by Crippen LogP contribution is -2.10. The molecule has 0 amide bonds. The number of carbonyl (C=O) groups is 2. The number of aryl methyl sites for hydroxylation is 2. The number of hydrogen-bond acceptors (Lipinski definition) is 9. The highest BCUT2D eigenvalue weighted by Gasteiger charge is 2.25. The molecule has 0 bridgehead atoms. The molecule has 1 aromatic carbocycles. The van der Waals surface area contributed by atoms with Crippen molar-refractivity contribution in [3.63, 3.8) is 0 Å². The summed E-state index contributed by atoms with van der Waals surface area (Å²) in [6.07, 6.45) is 0. The van der Waals surface area contributed by atoms with Crippen molar-refractivity contribution in [2.45, 2.75) is 27.4 Å². The second kappa shape index (κ2) is 7.71. The van der Waals surface area contributed by atoms with Crippen molar-refractivity contribution in [3.05, 3.63) is 52.5 Å². The van der Waals surface area contributed by atoms with Crippen molar-refractivity contribution in [2.24, 2.45) is 0 Å². The Kier molecular flexibility index (Phi) is 5.05. The summed E-state index contributed by atoms with van der Waals surface area (Å²) in [7, 11) is 0. The van der Waals surface area contributed by atoms with E-state index in [-0.39, 0.29) is 53.0 Å². The maximum absolute atomic E-state index is 13.5. The molecule has 4 aromatic rings. The molecule has 0 saturated carbocycles. The fraction of sp³-hybridized carbons (Fsp3) is 0.238. The highest BCUT2D eigenvalue weighted by molar-refractivity contribution is 6.07. The largest absolute Gasteiger partial charge is 0.462 e. The Labute approximate surface area is 174 Å². The molecule has 0 aliphatic rings. The molecule has 0 spiro atoms. The van der Waals surface area contributed by atoms with Crippen LogP contribution in [-0.2, 0) is 16.1 Å². The molecule has 0 radical (unpaired) electrons. The third kappa shape index (κ3) is 3.56. The topological polar surface area (TPSA) is 131 Å². The van der Waals surface area contributed by atoms with Gasteiger partial charge < -0.3 is 24.0 Å². The second-order valence-electron chi connectivity index (χ2n) is 6.73. The molecule has 0 aliphatic carbocycles. The summed E-state index contributed by atoms with van der Waals surface area (Å²) in [5.41, 5.74) is 7.05. The predicted molar refractivity (Wildman–Crippen MR) is 107 cm³/mol. The van der Waals surface area contributed by atoms with Crippen LogP contribution in [-0.4, -0.2) is 28.5 Å². The molecule has 0 fully saturated rings. The SMILES string of the molecule is CCOC(=O)c1c(C)oc2nc(COC(=O)c3oc4ccc(F)cc4c3C)nc(N)c12. The van der Waals surface area contributed by atoms with E-state index in [4.69, 9.17) is 24.0 Å². The normalized spacial score (nSPS) is 11.2. The smallest absolute Gasteiger partial charge is 0.375 e. The highest BCUT2D eigenvalue weighted by Crippen LogP contribution is 2.30. The van der Waals surface area contributed by atoms with Crippen LogP contribution in [0.1, 0.15) is 45.0 Å². The molecule has 0 unspecified atom stereocenters. The van der Waals surface area contributed by atoms with E-state index in [9.17, 15) is 14.0 Å². The van der Waals surface area contributed by atoms with Gasteiger partial charge in [-0.1, -0.05) is 0 Å². The number of aromatic nitrogens is 2. The Morgan fingerprint density at radius 3 is 2.65 bits per heavy atom. The fourth-order valence-electron chi connectivity index (χ4n) is 3.28. The number of furan rings is 2. The zero-order valence-electron chi connectivity index (χ0n) is 16.9. The Bertz CT molecular complexity index is 1340. The van der Waals surface area contributed by atoms with Crippen molar-refractivity contribution in [1.29, 1.82) is 0 Å². The maximum Gasteiger partial charge on any atom is 0.375 e. The van der Waals surface area contributed by atoms with Gasteiger partial charge in [-0.3, -0.25) is 0 Å². The van der Waals surface area contributed by atoms with Crippen LogP contribution in [0, 0.1) is 19.7 Å². The number of ether oxygens (including phenoxy) is 2. The average molecular weight is 427 g/mol. The molecule has 0 atom stereocenters. The number of esters is 2. The predicted octanol–water partition coefficient (Wildman–Crippen LogP) is 3.84. The maximum atomic E-state index is 13.5. The minimum Gasteiger partial charge on any atom is -0.462 e. The van der Waals surface area contributed by atoms with E-state index in [2.05, 4.69) is 9.97 Å². The number of nitrogens with two attached hydrogens (primary N) is 1. The number of rotatable bonds is 5. The van der Waals surface area contributed by atoms with E-state index in [0.717, 1.165) is 0 Å². The van der Waals surface area contributed by atoms with Gasteiger partial charge in [0.15, 0.2) is 12.4 Å². The Hall–Kier alpha value is -3.95. The third-order valence-corrected chi connectivity index (χ3v) is 4.70. The van der Waals surface area contributed by atoms with Crippen LogP contribution in [0.15, 0.2) is 27.0 Å². The van der Waals surface area contributed by atoms with Gasteiger partial charge in [-0.15, -0.1) is 0 Å². The molecule has 4 rings (SSSR count). The lowest BCUT2D eigenvalue weighted by atomic mass is 10.1. The minimum atomic E-state index is -0.765. The molecule has 31 heavy (non-hydrogen) atoms. The van der Waals surface area contributed by atoms with Crippen LogP contribution in [0.2, 0.25) is 0 Å². The second-order valence-corrected chi connectivity index (χ2v) is 6.73. The molecule has 10 heteroatoms. The van der Waals surface area contributed by atoms with Gasteiger partial charge in [0.1, 0.15) is 28.5 Å². The quantitative estimate of drug-likeness (QED) is 0.472. The van der Waals surface area contributed by atoms with Crippen LogP contribution >= 0.6 is 0 Å². The van der Waals surface area contributed by atoms with Crippen LogP contribution in [0.5, 0.6) is 0 Å². The van der Waals surface area contributed by atoms with Crippen molar-refractivity contribution >= 4 is 39.8 Å². The molecule has 3 heterocycles. The van der Waals surface area contributed by atoms with Crippen LogP contribution in [0.3, 0.4) is 0 Å². The number of anilines is 1. The standard InChI is InChI=1S/C21H18FN3O6/c1-4-28-20(26)15-10(3)30-19-16(15)18(23)24-14(25-19)8-29-21(27)17-9(2)12-7-11(22)5-6-13(12)31-17/h5-7H,4,8H2,1-3H3,(H2,23,24,25). The molecule has 160 valence electrons. The average Bonchev–Trinajstić information content (AvgIpc) is 3.23. The van der Waals surface area contributed by atoms with Gasteiger partial charge in [-0.2, -0.15) is 4.98 Å². The molecule has 0 aliphatic heterocycles. The van der Waals surface area contributed by atoms with Crippen LogP contribution in [0.25, 0.3) is 22.1 Å². The molecular weight excluding hydrogens is 409 g/mol. The highest BCUT2D eigenvalue weighted by atomic mass is 19.1. The van der Waals surface area contributed by atoms with E-state index in [1.807, 2.05) is 0 Å². The number of carbonyl (C=O) groups excluding carboxylic acids is 2. The van der Waals surface area contributed by atoms with Gasteiger partial charge in [0, 0.05) is 10.9 Å². The third-order valence-electron chi connectivity index (χ3n) is 4.70. The molecule has 9 nitrogen and oxygen atoms in total. The molecule has 3 aromatic heterocycles. The van der Waals surface area contributed by atoms with Gasteiger partial charge in [-0.05, 0) is 39.0 Å². The van der Waals surface area contributed by atoms with Crippen LogP contribution in [0.4, 0.5) is 10.2 Å². The van der Waals surface area contributed by atoms with Crippen molar-refractivity contribution in [1.82, 2.24) is 9.97 Å². The van der Waals surface area contributed by atoms with Gasteiger partial charge in [-0.25, -0.2) is 19.0 Å². The Morgan fingerprint density at radius 1 is 1.13 bits per heavy atom. The first kappa shape index (κ1) is 20.3. The minimum absolute atomic E-state index is 0.00801. The summed E-state index contributed by atoms with van der Waals surface area (Å²) in [4.78, 5) is 32.9. The summed E-state index contributed by atoms with van der Waals surface area (Å²) in [5.74, 6) is -1.50. The summed E-state index contributed by atoms with van der Waals surface area (Å²) < 4.78 is 34.7. The van der Waals surface area contributed by atoms with Crippen molar-refractivity contribution in [2.75, 3.05) is 12.3 Å². The van der Waals surface area contributed by atoms with Gasteiger partial charge in [0.05, 0.1) is 12.0 Å². The van der Waals surface area contributed by atoms with Crippen LogP contribution < -0.4 is 5.73 Å². The Morgan fingerprint density at radius 2 is 1.90 bits per heavy atom. The van der Waals surface area contributed by atoms with E-state index < -0.39 is 17.8 Å². The number of nitrogen functional groups attached to an aromatic ring is 1. The summed E-state index contributed by atoms with van der Waals surface area (Å²) >= 11 is 0. The van der Waals surface area contributed by atoms with E-state index in [0.29, 0.717) is 16.5 Å². The summed E-state index contributed by atoms with van der Waals surface area (Å²) in [6.45, 7) is 4.76. The summed E-state index contributed by atoms with van der Waals surface area (Å²) in [5, 5.41) is 0.715. The van der Waals surface area contributed by atoms with E-state index in [1.165, 1.54) is 18.2 Å². The number of benzene rings is 1. The zero-order chi connectivity index (χ0) is 22.3. The fourth-order valence-corrected chi connectivity index (χ4v) is 3.28. The first-order chi connectivity index (χ1) is 14.8. The summed E-state index contributed by atoms with van der Waals surface area (Å²) in [6, 6.07) is 3.96. The van der Waals surface area contributed by atoms with Crippen molar-refractivity contribution in [3.8, 4) is 0 Å². The first-order valence-electron chi connectivity index (χ1n) is 9.38. The lowest BCUT2D eigenvalue weighted by Gasteiger charge is -2.05. The zero-order valence-corrected chi connectivity index (χ0v) is 16.9. The van der Waals surface area contributed by atoms with Gasteiger partial charge >= 0.3 is 11.9 Å². The van der Waals surface area contributed by atoms with Gasteiger partial charge in [0.2, 0.25) is 11.5 Å². The first-order valence-corrected chi connectivity index (χ1v) is 9.38. The Balaban J connectivity index is 1.59. The number of halogens is 1. The number of nitrogens with zero attached hydrogens (tertiary/aromatic N) is 2. The van der Waals surface area contributed by atoms with Gasteiger partial charge in [0.25, 0.3) is 0 Å². The van der Waals surface area contributed by atoms with E-state index >= 15 is 0 Å². The monoisotopic (exact) mass is 427 g/mol. The van der Waals surface area contributed by atoms with Crippen molar-refractivity contribution < 1.29 is 32.3 Å².